The van der Waals surface area contributed by atoms with Gasteiger partial charge in [-0.2, -0.15) is 13.2 Å². The number of imidazole rings is 1. The zero-order chi connectivity index (χ0) is 23.1. The molecule has 1 saturated heterocycles. The van der Waals surface area contributed by atoms with E-state index < -0.39 is 31.0 Å². The number of aromatic nitrogens is 2. The lowest BCUT2D eigenvalue weighted by molar-refractivity contribution is -0.392. The predicted molar refractivity (Wildman–Crippen MR) is 91.5 cm³/mol. The van der Waals surface area contributed by atoms with Crippen LogP contribution in [0.4, 0.5) is 19.0 Å². The van der Waals surface area contributed by atoms with Gasteiger partial charge in [-0.3, -0.25) is 9.42 Å². The predicted octanol–water partition coefficient (Wildman–Crippen LogP) is 0.543. The van der Waals surface area contributed by atoms with Gasteiger partial charge in [0.05, 0.1) is 13.2 Å². The number of morpholine rings is 1. The number of carboxylic acid groups (broad SMARTS) is 1. The molecule has 0 saturated carbocycles. The van der Waals surface area contributed by atoms with Crippen molar-refractivity contribution in [3.05, 3.63) is 22.1 Å². The zero-order valence-corrected chi connectivity index (χ0v) is 16.5. The van der Waals surface area contributed by atoms with E-state index in [1.807, 2.05) is 4.90 Å². The number of halogens is 3. The van der Waals surface area contributed by atoms with E-state index in [1.54, 1.807) is 6.92 Å². The first-order chi connectivity index (χ1) is 13.7. The van der Waals surface area contributed by atoms with Crippen LogP contribution in [-0.4, -0.2) is 85.4 Å². The number of rotatable bonds is 7. The molecule has 30 heavy (non-hydrogen) atoms. The molecule has 1 aromatic heterocycles. The Balaban J connectivity index is 0.000000553. The van der Waals surface area contributed by atoms with Crippen LogP contribution in [-0.2, 0) is 25.2 Å². The molecule has 17 heteroatoms. The molecule has 0 amide bonds. The second kappa shape index (κ2) is 10.8. The van der Waals surface area contributed by atoms with Gasteiger partial charge in [0.15, 0.2) is 5.82 Å². The van der Waals surface area contributed by atoms with Crippen molar-refractivity contribution in [3.8, 4) is 0 Å². The first kappa shape index (κ1) is 25.9. The Labute approximate surface area is 167 Å². The molecule has 3 N–H and O–H groups in total. The van der Waals surface area contributed by atoms with E-state index in [4.69, 9.17) is 28.9 Å². The summed E-state index contributed by atoms with van der Waals surface area (Å²) >= 11 is 0. The third-order valence-corrected chi connectivity index (χ3v) is 4.27. The standard InChI is InChI=1S/C11H19N4O7P.C2HF3O2/c1-9-12-6-11(15(16)17)14(9)8-10(22-23(18,19)20)7-13-2-4-21-5-3-13;3-2(4,5)1(6)7/h6,10H,2-5,7-8H2,1H3,(H2,18,19,20);(H,6,7)/t10-;/m1./s1. The molecule has 0 aliphatic carbocycles. The maximum atomic E-state index is 11.2. The fourth-order valence-electron chi connectivity index (χ4n) is 2.42. The third kappa shape index (κ3) is 9.15. The number of carbonyl (C=O) groups is 1. The lowest BCUT2D eigenvalue weighted by Crippen LogP contribution is -2.42. The van der Waals surface area contributed by atoms with Gasteiger partial charge in [-0.1, -0.05) is 0 Å². The largest absolute Gasteiger partial charge is 0.490 e. The quantitative estimate of drug-likeness (QED) is 0.291. The number of hydrogen-bond donors (Lipinski definition) is 3. The maximum Gasteiger partial charge on any atom is 0.490 e. The molecule has 0 bridgehead atoms. The van der Waals surface area contributed by atoms with Gasteiger partial charge in [-0.15, -0.1) is 0 Å². The van der Waals surface area contributed by atoms with E-state index in [-0.39, 0.29) is 18.9 Å². The summed E-state index contributed by atoms with van der Waals surface area (Å²) in [6.45, 7) is 3.97. The number of aliphatic carboxylic acids is 1. The summed E-state index contributed by atoms with van der Waals surface area (Å²) in [5, 5.41) is 18.1. The van der Waals surface area contributed by atoms with Crippen LogP contribution in [0.25, 0.3) is 0 Å². The van der Waals surface area contributed by atoms with Crippen LogP contribution in [0, 0.1) is 17.0 Å². The Morgan fingerprint density at radius 1 is 1.40 bits per heavy atom. The lowest BCUT2D eigenvalue weighted by Gasteiger charge is -2.29. The topological polar surface area (TPSA) is 177 Å². The SMILES string of the molecule is Cc1ncc([N+](=O)[O-])n1C[C@@H](CN1CCOCC1)OP(=O)(O)O.O=C(O)C(F)(F)F. The first-order valence-electron chi connectivity index (χ1n) is 8.21. The summed E-state index contributed by atoms with van der Waals surface area (Å²) in [5.74, 6) is -2.63. The number of phosphoric acid groups is 1. The van der Waals surface area contributed by atoms with Crippen LogP contribution in [0.5, 0.6) is 0 Å². The summed E-state index contributed by atoms with van der Waals surface area (Å²) in [4.78, 5) is 43.3. The highest BCUT2D eigenvalue weighted by Crippen LogP contribution is 2.38. The molecule has 0 spiro atoms. The number of nitrogens with zero attached hydrogens (tertiary/aromatic N) is 4. The normalized spacial score (nSPS) is 16.5. The molecule has 1 aliphatic rings. The van der Waals surface area contributed by atoms with Gasteiger partial charge in [0.2, 0.25) is 0 Å². The molecule has 1 aliphatic heterocycles. The fraction of sp³-hybridized carbons (Fsp3) is 0.692. The van der Waals surface area contributed by atoms with Crippen LogP contribution >= 0.6 is 7.82 Å². The minimum absolute atomic E-state index is 0.0788. The molecule has 0 radical (unpaired) electrons. The van der Waals surface area contributed by atoms with Gasteiger partial charge in [0.1, 0.15) is 18.8 Å². The highest BCUT2D eigenvalue weighted by molar-refractivity contribution is 7.46. The lowest BCUT2D eigenvalue weighted by atomic mass is 10.3. The number of hydrogen-bond acceptors (Lipinski definition) is 8. The molecular weight excluding hydrogens is 444 g/mol. The van der Waals surface area contributed by atoms with E-state index in [0.29, 0.717) is 32.1 Å². The van der Waals surface area contributed by atoms with Crippen LogP contribution < -0.4 is 0 Å². The molecule has 2 heterocycles. The molecular formula is C13H20F3N4O9P. The smallest absolute Gasteiger partial charge is 0.475 e. The van der Waals surface area contributed by atoms with Gasteiger partial charge >= 0.3 is 25.8 Å². The van der Waals surface area contributed by atoms with Gasteiger partial charge < -0.3 is 29.7 Å². The van der Waals surface area contributed by atoms with Crippen molar-refractivity contribution in [3.63, 3.8) is 0 Å². The Morgan fingerprint density at radius 2 is 1.93 bits per heavy atom. The van der Waals surface area contributed by atoms with E-state index in [1.165, 1.54) is 4.57 Å². The summed E-state index contributed by atoms with van der Waals surface area (Å²) < 4.78 is 54.2. The number of alkyl halides is 3. The minimum atomic E-state index is -5.08. The molecule has 13 nitrogen and oxygen atoms in total. The number of ether oxygens (including phenoxy) is 1. The van der Waals surface area contributed by atoms with Crippen molar-refractivity contribution < 1.29 is 51.6 Å². The Bertz CT molecular complexity index is 776. The zero-order valence-electron chi connectivity index (χ0n) is 15.6. The Hall–Kier alpha value is -2.10. The molecule has 1 fully saturated rings. The summed E-state index contributed by atoms with van der Waals surface area (Å²) in [5.41, 5.74) is 0. The van der Waals surface area contributed by atoms with E-state index >= 15 is 0 Å². The summed E-state index contributed by atoms with van der Waals surface area (Å²) in [7, 11) is -4.72. The van der Waals surface area contributed by atoms with E-state index in [0.717, 1.165) is 6.20 Å². The number of phosphoric ester groups is 1. The molecule has 172 valence electrons. The molecule has 2 rings (SSSR count). The van der Waals surface area contributed by atoms with Crippen LogP contribution in [0.15, 0.2) is 6.20 Å². The van der Waals surface area contributed by atoms with Gasteiger partial charge in [0.25, 0.3) is 0 Å². The van der Waals surface area contributed by atoms with Crippen LogP contribution in [0.1, 0.15) is 5.82 Å². The Morgan fingerprint density at radius 3 is 2.37 bits per heavy atom. The summed E-state index contributed by atoms with van der Waals surface area (Å²) in [6.07, 6.45) is -4.89. The first-order valence-corrected chi connectivity index (χ1v) is 9.74. The fourth-order valence-corrected chi connectivity index (χ4v) is 2.94. The number of nitro groups is 1. The molecule has 1 aromatic rings. The van der Waals surface area contributed by atoms with Crippen LogP contribution in [0.2, 0.25) is 0 Å². The summed E-state index contributed by atoms with van der Waals surface area (Å²) in [6, 6.07) is 0. The highest BCUT2D eigenvalue weighted by atomic mass is 31.2. The van der Waals surface area contributed by atoms with E-state index in [9.17, 15) is 27.9 Å². The van der Waals surface area contributed by atoms with Crippen molar-refractivity contribution in [1.82, 2.24) is 14.5 Å². The number of aryl methyl sites for hydroxylation is 1. The maximum absolute atomic E-state index is 11.2. The monoisotopic (exact) mass is 464 g/mol. The molecule has 0 unspecified atom stereocenters. The number of carboxylic acids is 1. The molecule has 0 aromatic carbocycles. The second-order valence-electron chi connectivity index (χ2n) is 5.97. The van der Waals surface area contributed by atoms with Crippen molar-refractivity contribution >= 4 is 19.6 Å². The van der Waals surface area contributed by atoms with Crippen LogP contribution in [0.3, 0.4) is 0 Å². The van der Waals surface area contributed by atoms with Crippen molar-refractivity contribution in [2.75, 3.05) is 32.8 Å². The van der Waals surface area contributed by atoms with E-state index in [2.05, 4.69) is 4.98 Å². The minimum Gasteiger partial charge on any atom is -0.475 e. The van der Waals surface area contributed by atoms with Crippen molar-refractivity contribution in [1.29, 1.82) is 0 Å². The second-order valence-corrected chi connectivity index (χ2v) is 7.16. The van der Waals surface area contributed by atoms with Gasteiger partial charge in [-0.25, -0.2) is 18.9 Å². The van der Waals surface area contributed by atoms with Crippen molar-refractivity contribution in [2.24, 2.45) is 0 Å². The van der Waals surface area contributed by atoms with Gasteiger partial charge in [-0.05, 0) is 4.92 Å². The highest BCUT2D eigenvalue weighted by Gasteiger charge is 2.38. The average molecular weight is 464 g/mol. The van der Waals surface area contributed by atoms with Gasteiger partial charge in [0, 0.05) is 26.6 Å². The third-order valence-electron chi connectivity index (χ3n) is 3.70. The molecule has 1 atom stereocenters. The Kier molecular flexibility index (Phi) is 9.33. The van der Waals surface area contributed by atoms with Crippen molar-refractivity contribution in [2.45, 2.75) is 25.7 Å². The average Bonchev–Trinajstić information content (AvgIpc) is 2.95.